The van der Waals surface area contributed by atoms with E-state index in [1.54, 1.807) is 25.1 Å². The molecule has 0 saturated heterocycles. The summed E-state index contributed by atoms with van der Waals surface area (Å²) < 4.78 is 11.1. The van der Waals surface area contributed by atoms with Gasteiger partial charge in [-0.15, -0.1) is 0 Å². The third-order valence-corrected chi connectivity index (χ3v) is 3.08. The summed E-state index contributed by atoms with van der Waals surface area (Å²) >= 11 is 0. The normalized spacial score (nSPS) is 16.9. The minimum atomic E-state index is -0.436. The average molecular weight is 279 g/mol. The SMILES string of the molecule is CC(O)CC(C)NC(=O)c1ccc2c(c1)OCCCO2. The Labute approximate surface area is 118 Å². The van der Waals surface area contributed by atoms with E-state index in [0.717, 1.165) is 6.42 Å². The van der Waals surface area contributed by atoms with Crippen LogP contribution in [0, 0.1) is 0 Å². The van der Waals surface area contributed by atoms with Gasteiger partial charge in [-0.3, -0.25) is 4.79 Å². The standard InChI is InChI=1S/C15H21NO4/c1-10(8-11(2)17)16-15(18)12-4-5-13-14(9-12)20-7-3-6-19-13/h4-5,9-11,17H,3,6-8H2,1-2H3,(H,16,18). The van der Waals surface area contributed by atoms with Gasteiger partial charge in [-0.1, -0.05) is 0 Å². The molecule has 5 heteroatoms. The minimum Gasteiger partial charge on any atom is -0.490 e. The zero-order chi connectivity index (χ0) is 14.5. The number of hydrogen-bond donors (Lipinski definition) is 2. The van der Waals surface area contributed by atoms with Gasteiger partial charge in [0, 0.05) is 18.0 Å². The maximum atomic E-state index is 12.1. The van der Waals surface area contributed by atoms with Crippen molar-refractivity contribution in [2.75, 3.05) is 13.2 Å². The molecule has 1 aliphatic heterocycles. The second-order valence-corrected chi connectivity index (χ2v) is 5.17. The first-order chi connectivity index (χ1) is 9.56. The molecule has 0 aromatic heterocycles. The van der Waals surface area contributed by atoms with Crippen molar-refractivity contribution < 1.29 is 19.4 Å². The van der Waals surface area contributed by atoms with E-state index in [9.17, 15) is 9.90 Å². The van der Waals surface area contributed by atoms with Gasteiger partial charge >= 0.3 is 0 Å². The van der Waals surface area contributed by atoms with E-state index in [2.05, 4.69) is 5.32 Å². The van der Waals surface area contributed by atoms with E-state index >= 15 is 0 Å². The van der Waals surface area contributed by atoms with Gasteiger partial charge in [0.1, 0.15) is 0 Å². The molecule has 1 aromatic rings. The minimum absolute atomic E-state index is 0.0847. The molecular formula is C15H21NO4. The second kappa shape index (κ2) is 6.61. The Hall–Kier alpha value is -1.75. The maximum Gasteiger partial charge on any atom is 0.251 e. The third kappa shape index (κ3) is 3.87. The van der Waals surface area contributed by atoms with E-state index < -0.39 is 6.10 Å². The molecule has 1 heterocycles. The highest BCUT2D eigenvalue weighted by Gasteiger charge is 2.16. The Kier molecular flexibility index (Phi) is 4.84. The van der Waals surface area contributed by atoms with Crippen molar-refractivity contribution in [3.05, 3.63) is 23.8 Å². The van der Waals surface area contributed by atoms with Crippen LogP contribution >= 0.6 is 0 Å². The van der Waals surface area contributed by atoms with Crippen LogP contribution in [0.1, 0.15) is 37.0 Å². The van der Waals surface area contributed by atoms with Crippen LogP contribution in [0.25, 0.3) is 0 Å². The van der Waals surface area contributed by atoms with E-state index in [1.807, 2.05) is 6.92 Å². The van der Waals surface area contributed by atoms with Crippen molar-refractivity contribution in [2.24, 2.45) is 0 Å². The van der Waals surface area contributed by atoms with Gasteiger partial charge in [0.15, 0.2) is 11.5 Å². The number of hydrogen-bond acceptors (Lipinski definition) is 4. The fourth-order valence-corrected chi connectivity index (χ4v) is 2.18. The number of benzene rings is 1. The van der Waals surface area contributed by atoms with Crippen LogP contribution in [0.4, 0.5) is 0 Å². The number of aliphatic hydroxyl groups excluding tert-OH is 1. The van der Waals surface area contributed by atoms with Crippen molar-refractivity contribution in [2.45, 2.75) is 38.8 Å². The van der Waals surface area contributed by atoms with Crippen LogP contribution in [0.2, 0.25) is 0 Å². The quantitative estimate of drug-likeness (QED) is 0.881. The van der Waals surface area contributed by atoms with Gasteiger partial charge in [-0.25, -0.2) is 0 Å². The molecule has 0 fully saturated rings. The Morgan fingerprint density at radius 2 is 2.00 bits per heavy atom. The first-order valence-corrected chi connectivity index (χ1v) is 6.95. The summed E-state index contributed by atoms with van der Waals surface area (Å²) in [5.74, 6) is 1.11. The van der Waals surface area contributed by atoms with Crippen molar-refractivity contribution >= 4 is 5.91 Å². The van der Waals surface area contributed by atoms with Crippen LogP contribution in [0.15, 0.2) is 18.2 Å². The van der Waals surface area contributed by atoms with Gasteiger partial charge in [0.2, 0.25) is 0 Å². The molecule has 0 radical (unpaired) electrons. The zero-order valence-corrected chi connectivity index (χ0v) is 11.9. The molecule has 2 atom stereocenters. The van der Waals surface area contributed by atoms with E-state index in [1.165, 1.54) is 0 Å². The predicted octanol–water partition coefficient (Wildman–Crippen LogP) is 1.74. The Morgan fingerprint density at radius 1 is 1.30 bits per heavy atom. The lowest BCUT2D eigenvalue weighted by molar-refractivity contribution is 0.0922. The number of amides is 1. The van der Waals surface area contributed by atoms with Crippen molar-refractivity contribution in [3.63, 3.8) is 0 Å². The number of rotatable bonds is 4. The van der Waals surface area contributed by atoms with Gasteiger partial charge in [0.05, 0.1) is 19.3 Å². The van der Waals surface area contributed by atoms with Crippen LogP contribution in [-0.2, 0) is 0 Å². The molecular weight excluding hydrogens is 258 g/mol. The molecule has 2 unspecified atom stereocenters. The topological polar surface area (TPSA) is 67.8 Å². The summed E-state index contributed by atoms with van der Waals surface area (Å²) in [6.07, 6.45) is 0.923. The van der Waals surface area contributed by atoms with Gasteiger partial charge in [-0.05, 0) is 38.5 Å². The molecule has 5 nitrogen and oxygen atoms in total. The lowest BCUT2D eigenvalue weighted by Gasteiger charge is -2.16. The number of fused-ring (bicyclic) bond motifs is 1. The van der Waals surface area contributed by atoms with Crippen molar-refractivity contribution in [1.29, 1.82) is 0 Å². The van der Waals surface area contributed by atoms with Crippen LogP contribution in [0.3, 0.4) is 0 Å². The smallest absolute Gasteiger partial charge is 0.251 e. The fraction of sp³-hybridized carbons (Fsp3) is 0.533. The lowest BCUT2D eigenvalue weighted by atomic mass is 10.1. The Morgan fingerprint density at radius 3 is 2.70 bits per heavy atom. The van der Waals surface area contributed by atoms with Crippen molar-refractivity contribution in [1.82, 2.24) is 5.32 Å². The summed E-state index contributed by atoms with van der Waals surface area (Å²) in [4.78, 5) is 12.1. The van der Waals surface area contributed by atoms with Crippen LogP contribution in [-0.4, -0.2) is 36.4 Å². The highest BCUT2D eigenvalue weighted by molar-refractivity contribution is 5.95. The van der Waals surface area contributed by atoms with E-state index in [-0.39, 0.29) is 11.9 Å². The molecule has 1 aromatic carbocycles. The Bertz CT molecular complexity index is 473. The average Bonchev–Trinajstić information content (AvgIpc) is 2.61. The predicted molar refractivity (Wildman–Crippen MR) is 75.3 cm³/mol. The lowest BCUT2D eigenvalue weighted by Crippen LogP contribution is -2.34. The molecule has 20 heavy (non-hydrogen) atoms. The molecule has 1 aliphatic rings. The van der Waals surface area contributed by atoms with E-state index in [0.29, 0.717) is 36.7 Å². The van der Waals surface area contributed by atoms with Gasteiger partial charge in [0.25, 0.3) is 5.91 Å². The van der Waals surface area contributed by atoms with Crippen LogP contribution in [0.5, 0.6) is 11.5 Å². The number of nitrogens with one attached hydrogen (secondary N) is 1. The van der Waals surface area contributed by atoms with Gasteiger partial charge in [-0.2, -0.15) is 0 Å². The fourth-order valence-electron chi connectivity index (χ4n) is 2.18. The number of ether oxygens (including phenoxy) is 2. The maximum absolute atomic E-state index is 12.1. The molecule has 0 bridgehead atoms. The zero-order valence-electron chi connectivity index (χ0n) is 11.9. The molecule has 110 valence electrons. The number of carbonyl (C=O) groups excluding carboxylic acids is 1. The van der Waals surface area contributed by atoms with E-state index in [4.69, 9.17) is 9.47 Å². The largest absolute Gasteiger partial charge is 0.490 e. The number of aliphatic hydroxyl groups is 1. The number of carbonyl (C=O) groups is 1. The first kappa shape index (κ1) is 14.7. The molecule has 1 amide bonds. The monoisotopic (exact) mass is 279 g/mol. The highest BCUT2D eigenvalue weighted by atomic mass is 16.5. The molecule has 2 N–H and O–H groups in total. The highest BCUT2D eigenvalue weighted by Crippen LogP contribution is 2.30. The summed E-state index contributed by atoms with van der Waals surface area (Å²) in [6.45, 7) is 4.80. The summed E-state index contributed by atoms with van der Waals surface area (Å²) in [5.41, 5.74) is 0.534. The third-order valence-electron chi connectivity index (χ3n) is 3.08. The second-order valence-electron chi connectivity index (χ2n) is 5.17. The molecule has 2 rings (SSSR count). The Balaban J connectivity index is 2.05. The summed E-state index contributed by atoms with van der Waals surface area (Å²) in [7, 11) is 0. The van der Waals surface area contributed by atoms with Crippen LogP contribution < -0.4 is 14.8 Å². The van der Waals surface area contributed by atoms with Gasteiger partial charge < -0.3 is 19.9 Å². The molecule has 0 aliphatic carbocycles. The van der Waals surface area contributed by atoms with Crippen molar-refractivity contribution in [3.8, 4) is 11.5 Å². The molecule has 0 saturated carbocycles. The first-order valence-electron chi connectivity index (χ1n) is 6.95. The molecule has 0 spiro atoms. The summed E-state index contributed by atoms with van der Waals surface area (Å²) in [6, 6.07) is 5.09. The summed E-state index contributed by atoms with van der Waals surface area (Å²) in [5, 5.41) is 12.2.